The van der Waals surface area contributed by atoms with E-state index in [2.05, 4.69) is 13.0 Å². The Morgan fingerprint density at radius 3 is 3.33 bits per heavy atom. The van der Waals surface area contributed by atoms with Gasteiger partial charge >= 0.3 is 0 Å². The van der Waals surface area contributed by atoms with Gasteiger partial charge in [0.15, 0.2) is 0 Å². The largest absolute Gasteiger partial charge is 0.373 e. The highest BCUT2D eigenvalue weighted by Gasteiger charge is 2.78. The van der Waals surface area contributed by atoms with Gasteiger partial charge in [0.2, 0.25) is 0 Å². The van der Waals surface area contributed by atoms with Crippen LogP contribution in [0, 0.1) is 23.7 Å². The molecule has 2 bridgehead atoms. The molecule has 1 heterocycles. The van der Waals surface area contributed by atoms with Crippen molar-refractivity contribution in [1.82, 2.24) is 0 Å². The summed E-state index contributed by atoms with van der Waals surface area (Å²) in [6.07, 6.45) is 5.29. The second kappa shape index (κ2) is 1.52. The van der Waals surface area contributed by atoms with Crippen LogP contribution in [0.2, 0.25) is 0 Å². The lowest BCUT2D eigenvalue weighted by molar-refractivity contribution is -0.0418. The molecule has 1 saturated heterocycles. The molecule has 1 aliphatic heterocycles. The Kier molecular flexibility index (Phi) is 0.787. The van der Waals surface area contributed by atoms with E-state index in [-0.39, 0.29) is 0 Å². The first-order valence-corrected chi connectivity index (χ1v) is 5.16. The molecule has 0 aromatic rings. The molecule has 4 rings (SSSR count). The van der Waals surface area contributed by atoms with Gasteiger partial charge in [0.1, 0.15) is 0 Å². The van der Waals surface area contributed by atoms with Crippen molar-refractivity contribution in [2.24, 2.45) is 23.7 Å². The van der Waals surface area contributed by atoms with E-state index in [4.69, 9.17) is 4.74 Å². The Balaban J connectivity index is 1.90. The maximum atomic E-state index is 6.04. The standard InChI is InChI=1S/C11H14O/c1-6-4-8-7-2-3-12-11(8)9(5-7)10(6)11/h4,7-10H,2-3,5H2,1H3/t7-,8+,9+,10+,11+/m1/s1. The number of hydrogen-bond donors (Lipinski definition) is 0. The molecular formula is C11H14O. The highest BCUT2D eigenvalue weighted by atomic mass is 16.5. The second-order valence-electron chi connectivity index (χ2n) is 5.01. The Labute approximate surface area is 72.8 Å². The lowest BCUT2D eigenvalue weighted by Crippen LogP contribution is -2.32. The van der Waals surface area contributed by atoms with E-state index in [1.54, 1.807) is 5.57 Å². The second-order valence-corrected chi connectivity index (χ2v) is 5.01. The van der Waals surface area contributed by atoms with E-state index in [0.29, 0.717) is 5.60 Å². The van der Waals surface area contributed by atoms with E-state index in [9.17, 15) is 0 Å². The summed E-state index contributed by atoms with van der Waals surface area (Å²) >= 11 is 0. The van der Waals surface area contributed by atoms with E-state index in [0.717, 1.165) is 30.3 Å². The molecule has 1 nitrogen and oxygen atoms in total. The maximum Gasteiger partial charge on any atom is 0.0850 e. The molecule has 1 spiro atoms. The van der Waals surface area contributed by atoms with Crippen LogP contribution >= 0.6 is 0 Å². The summed E-state index contributed by atoms with van der Waals surface area (Å²) in [5.41, 5.74) is 2.00. The van der Waals surface area contributed by atoms with Gasteiger partial charge < -0.3 is 4.74 Å². The summed E-state index contributed by atoms with van der Waals surface area (Å²) in [5.74, 6) is 3.58. The SMILES string of the molecule is CC1=C[C@H]2[C@@H]3CCO[C@]24[C@@H](C3)[C@H]14. The van der Waals surface area contributed by atoms with Crippen LogP contribution in [-0.2, 0) is 4.74 Å². The summed E-state index contributed by atoms with van der Waals surface area (Å²) in [5, 5.41) is 0. The predicted molar refractivity (Wildman–Crippen MR) is 45.6 cm³/mol. The number of ether oxygens (including phenoxy) is 1. The van der Waals surface area contributed by atoms with Gasteiger partial charge in [-0.2, -0.15) is 0 Å². The molecule has 64 valence electrons. The van der Waals surface area contributed by atoms with Crippen LogP contribution in [0.25, 0.3) is 0 Å². The van der Waals surface area contributed by atoms with E-state index < -0.39 is 0 Å². The van der Waals surface area contributed by atoms with E-state index >= 15 is 0 Å². The van der Waals surface area contributed by atoms with Crippen LogP contribution in [0.5, 0.6) is 0 Å². The molecule has 0 unspecified atom stereocenters. The number of fused-ring (bicyclic) bond motifs is 1. The van der Waals surface area contributed by atoms with Crippen LogP contribution in [0.4, 0.5) is 0 Å². The lowest BCUT2D eigenvalue weighted by Gasteiger charge is -2.30. The van der Waals surface area contributed by atoms with Crippen molar-refractivity contribution >= 4 is 0 Å². The quantitative estimate of drug-likeness (QED) is 0.495. The molecule has 3 aliphatic carbocycles. The Morgan fingerprint density at radius 2 is 2.50 bits per heavy atom. The monoisotopic (exact) mass is 162 g/mol. The minimum Gasteiger partial charge on any atom is -0.373 e. The van der Waals surface area contributed by atoms with Gasteiger partial charge in [-0.15, -0.1) is 0 Å². The van der Waals surface area contributed by atoms with Crippen molar-refractivity contribution in [1.29, 1.82) is 0 Å². The molecule has 3 fully saturated rings. The molecule has 0 aromatic carbocycles. The van der Waals surface area contributed by atoms with Crippen molar-refractivity contribution < 1.29 is 4.74 Å². The fraction of sp³-hybridized carbons (Fsp3) is 0.818. The van der Waals surface area contributed by atoms with Gasteiger partial charge in [-0.1, -0.05) is 11.6 Å². The van der Waals surface area contributed by atoms with Crippen LogP contribution in [-0.4, -0.2) is 12.2 Å². The summed E-state index contributed by atoms with van der Waals surface area (Å²) in [6, 6.07) is 0. The fourth-order valence-corrected chi connectivity index (χ4v) is 4.38. The minimum absolute atomic E-state index is 0.368. The first-order chi connectivity index (χ1) is 5.84. The normalized spacial score (nSPS) is 64.6. The molecule has 12 heavy (non-hydrogen) atoms. The zero-order valence-electron chi connectivity index (χ0n) is 7.42. The van der Waals surface area contributed by atoms with Crippen molar-refractivity contribution in [3.63, 3.8) is 0 Å². The third kappa shape index (κ3) is 0.403. The van der Waals surface area contributed by atoms with Crippen LogP contribution < -0.4 is 0 Å². The van der Waals surface area contributed by atoms with Crippen LogP contribution in [0.15, 0.2) is 11.6 Å². The number of hydrogen-bond acceptors (Lipinski definition) is 1. The maximum absolute atomic E-state index is 6.04. The summed E-state index contributed by atoms with van der Waals surface area (Å²) < 4.78 is 6.04. The molecule has 0 aromatic heterocycles. The first kappa shape index (κ1) is 6.20. The molecule has 0 radical (unpaired) electrons. The highest BCUT2D eigenvalue weighted by molar-refractivity contribution is 5.42. The van der Waals surface area contributed by atoms with Gasteiger partial charge in [-0.05, 0) is 31.6 Å². The predicted octanol–water partition coefficient (Wildman–Crippen LogP) is 1.99. The Morgan fingerprint density at radius 1 is 1.58 bits per heavy atom. The molecule has 0 N–H and O–H groups in total. The van der Waals surface area contributed by atoms with Gasteiger partial charge in [0, 0.05) is 18.4 Å². The van der Waals surface area contributed by atoms with Crippen LogP contribution in [0.3, 0.4) is 0 Å². The average Bonchev–Trinajstić information content (AvgIpc) is 2.52. The lowest BCUT2D eigenvalue weighted by atomic mass is 9.87. The van der Waals surface area contributed by atoms with Gasteiger partial charge in [-0.3, -0.25) is 0 Å². The van der Waals surface area contributed by atoms with Gasteiger partial charge in [0.05, 0.1) is 5.60 Å². The fourth-order valence-electron chi connectivity index (χ4n) is 4.38. The van der Waals surface area contributed by atoms with Crippen LogP contribution in [0.1, 0.15) is 19.8 Å². The van der Waals surface area contributed by atoms with E-state index in [1.807, 2.05) is 0 Å². The summed E-state index contributed by atoms with van der Waals surface area (Å²) in [4.78, 5) is 0. The minimum atomic E-state index is 0.368. The Hall–Kier alpha value is -0.300. The van der Waals surface area contributed by atoms with Crippen molar-refractivity contribution in [3.05, 3.63) is 11.6 Å². The van der Waals surface area contributed by atoms with E-state index in [1.165, 1.54) is 12.8 Å². The molecule has 2 saturated carbocycles. The zero-order valence-corrected chi connectivity index (χ0v) is 7.42. The number of rotatable bonds is 0. The zero-order chi connectivity index (χ0) is 7.92. The van der Waals surface area contributed by atoms with Crippen molar-refractivity contribution in [3.8, 4) is 0 Å². The molecule has 4 aliphatic rings. The van der Waals surface area contributed by atoms with Crippen molar-refractivity contribution in [2.75, 3.05) is 6.61 Å². The molecule has 0 amide bonds. The molecule has 1 heteroatoms. The van der Waals surface area contributed by atoms with Gasteiger partial charge in [0.25, 0.3) is 0 Å². The smallest absolute Gasteiger partial charge is 0.0850 e. The van der Waals surface area contributed by atoms with Crippen molar-refractivity contribution in [2.45, 2.75) is 25.4 Å². The summed E-state index contributed by atoms with van der Waals surface area (Å²) in [6.45, 7) is 3.34. The highest BCUT2D eigenvalue weighted by Crippen LogP contribution is 2.76. The van der Waals surface area contributed by atoms with Gasteiger partial charge in [-0.25, -0.2) is 0 Å². The molecule has 5 atom stereocenters. The topological polar surface area (TPSA) is 9.23 Å². The molecular weight excluding hydrogens is 148 g/mol. The third-order valence-corrected chi connectivity index (χ3v) is 4.72. The first-order valence-electron chi connectivity index (χ1n) is 5.16. The third-order valence-electron chi connectivity index (χ3n) is 4.72. The Bertz CT molecular complexity index is 293. The average molecular weight is 162 g/mol. The summed E-state index contributed by atoms with van der Waals surface area (Å²) in [7, 11) is 0.